The van der Waals surface area contributed by atoms with Crippen LogP contribution in [0, 0.1) is 13.8 Å². The molecule has 2 rings (SSSR count). The zero-order valence-electron chi connectivity index (χ0n) is 6.01. The van der Waals surface area contributed by atoms with E-state index in [1.807, 2.05) is 0 Å². The minimum Gasteiger partial charge on any atom is -0.232 e. The first-order chi connectivity index (χ1) is 4.77. The molecular weight excluding hydrogens is 144 g/mol. The number of fused-ring (bicyclic) bond motifs is 1. The molecule has 2 aromatic heterocycles. The number of aryl methyl sites for hydroxylation is 2. The number of nitrogens with one attached hydrogen (secondary N) is 1. The molecule has 0 aromatic carbocycles. The molecular formula is C7H9N2S+. The van der Waals surface area contributed by atoms with Gasteiger partial charge in [0.25, 0.3) is 0 Å². The van der Waals surface area contributed by atoms with Crippen molar-refractivity contribution in [3.05, 3.63) is 23.0 Å². The van der Waals surface area contributed by atoms with E-state index in [-0.39, 0.29) is 0 Å². The second kappa shape index (κ2) is 1.83. The lowest BCUT2D eigenvalue weighted by molar-refractivity contribution is -0.513. The van der Waals surface area contributed by atoms with Crippen LogP contribution in [0.4, 0.5) is 0 Å². The topological polar surface area (TPSA) is 19.9 Å². The van der Waals surface area contributed by atoms with Gasteiger partial charge in [0.1, 0.15) is 17.6 Å². The lowest BCUT2D eigenvalue weighted by Crippen LogP contribution is -2.17. The number of aromatic nitrogens is 2. The smallest absolute Gasteiger partial charge is 0.232 e. The van der Waals surface area contributed by atoms with Crippen LogP contribution in [0.25, 0.3) is 4.96 Å². The molecule has 0 radical (unpaired) electrons. The van der Waals surface area contributed by atoms with Gasteiger partial charge >= 0.3 is 4.96 Å². The maximum atomic E-state index is 3.26. The van der Waals surface area contributed by atoms with Crippen molar-refractivity contribution in [3.63, 3.8) is 0 Å². The molecule has 0 unspecified atom stereocenters. The van der Waals surface area contributed by atoms with E-state index in [2.05, 4.69) is 34.8 Å². The zero-order valence-corrected chi connectivity index (χ0v) is 6.83. The molecule has 10 heavy (non-hydrogen) atoms. The molecule has 2 nitrogen and oxygen atoms in total. The first-order valence-corrected chi connectivity index (χ1v) is 4.10. The van der Waals surface area contributed by atoms with Gasteiger partial charge in [0.2, 0.25) is 0 Å². The van der Waals surface area contributed by atoms with Crippen LogP contribution in [-0.2, 0) is 0 Å². The van der Waals surface area contributed by atoms with E-state index in [4.69, 9.17) is 0 Å². The number of thiazole rings is 1. The Morgan fingerprint density at radius 3 is 3.00 bits per heavy atom. The summed E-state index contributed by atoms with van der Waals surface area (Å²) < 4.78 is 2.17. The highest BCUT2D eigenvalue weighted by Crippen LogP contribution is 2.06. The summed E-state index contributed by atoms with van der Waals surface area (Å²) in [4.78, 5) is 4.48. The maximum Gasteiger partial charge on any atom is 0.343 e. The Balaban J connectivity index is 2.90. The molecule has 1 N–H and O–H groups in total. The Kier molecular flexibility index (Phi) is 1.08. The molecule has 0 saturated carbocycles. The highest BCUT2D eigenvalue weighted by atomic mass is 32.1. The molecule has 0 fully saturated rings. The van der Waals surface area contributed by atoms with Gasteiger partial charge in [-0.15, -0.1) is 0 Å². The number of hydrogen-bond acceptors (Lipinski definition) is 1. The van der Waals surface area contributed by atoms with Crippen molar-refractivity contribution < 1.29 is 4.40 Å². The van der Waals surface area contributed by atoms with Crippen molar-refractivity contribution >= 4 is 16.3 Å². The van der Waals surface area contributed by atoms with E-state index in [9.17, 15) is 0 Å². The molecule has 0 atom stereocenters. The summed E-state index contributed by atoms with van der Waals surface area (Å²) in [5, 5.41) is 2.14. The molecule has 0 aliphatic carbocycles. The zero-order chi connectivity index (χ0) is 7.14. The van der Waals surface area contributed by atoms with E-state index >= 15 is 0 Å². The van der Waals surface area contributed by atoms with Gasteiger partial charge in [-0.3, -0.25) is 0 Å². The van der Waals surface area contributed by atoms with Gasteiger partial charge in [0.15, 0.2) is 0 Å². The molecule has 0 amide bonds. The van der Waals surface area contributed by atoms with Crippen molar-refractivity contribution in [3.8, 4) is 0 Å². The molecule has 2 aromatic rings. The summed E-state index contributed by atoms with van der Waals surface area (Å²) in [6, 6.07) is 0. The van der Waals surface area contributed by atoms with Crippen molar-refractivity contribution in [2.75, 3.05) is 0 Å². The minimum absolute atomic E-state index is 1.22. The van der Waals surface area contributed by atoms with Crippen LogP contribution in [0.15, 0.2) is 11.6 Å². The number of nitrogens with zero attached hydrogens (tertiary/aromatic N) is 1. The fraction of sp³-hybridized carbons (Fsp3) is 0.286. The van der Waals surface area contributed by atoms with E-state index in [1.54, 1.807) is 11.3 Å². The third-order valence-electron chi connectivity index (χ3n) is 1.57. The van der Waals surface area contributed by atoms with Crippen molar-refractivity contribution in [2.45, 2.75) is 13.8 Å². The van der Waals surface area contributed by atoms with Crippen LogP contribution < -0.4 is 4.40 Å². The summed E-state index contributed by atoms with van der Waals surface area (Å²) in [5.41, 5.74) is 2.51. The second-order valence-electron chi connectivity index (χ2n) is 2.49. The summed E-state index contributed by atoms with van der Waals surface area (Å²) >= 11 is 1.74. The fourth-order valence-electron chi connectivity index (χ4n) is 1.06. The van der Waals surface area contributed by atoms with Crippen LogP contribution in [0.1, 0.15) is 11.4 Å². The molecule has 2 heterocycles. The fourth-order valence-corrected chi connectivity index (χ4v) is 1.99. The van der Waals surface area contributed by atoms with Gasteiger partial charge in [-0.05, 0) is 6.92 Å². The van der Waals surface area contributed by atoms with Crippen LogP contribution >= 0.6 is 11.3 Å². The molecule has 0 spiro atoms. The van der Waals surface area contributed by atoms with Crippen molar-refractivity contribution in [1.82, 2.24) is 4.98 Å². The van der Waals surface area contributed by atoms with E-state index in [0.717, 1.165) is 0 Å². The predicted molar refractivity (Wildman–Crippen MR) is 41.3 cm³/mol. The monoisotopic (exact) mass is 153 g/mol. The molecule has 3 heteroatoms. The number of imidazole rings is 1. The van der Waals surface area contributed by atoms with Crippen LogP contribution in [0.2, 0.25) is 0 Å². The van der Waals surface area contributed by atoms with Gasteiger partial charge in [0, 0.05) is 12.3 Å². The van der Waals surface area contributed by atoms with Gasteiger partial charge in [0.05, 0.1) is 0 Å². The quantitative estimate of drug-likeness (QED) is 0.552. The third-order valence-corrected chi connectivity index (χ3v) is 2.55. The second-order valence-corrected chi connectivity index (χ2v) is 3.35. The first kappa shape index (κ1) is 5.92. The largest absolute Gasteiger partial charge is 0.343 e. The lowest BCUT2D eigenvalue weighted by atomic mass is 10.5. The van der Waals surface area contributed by atoms with Gasteiger partial charge in [-0.25, -0.2) is 4.98 Å². The van der Waals surface area contributed by atoms with Gasteiger partial charge in [-0.2, -0.15) is 4.40 Å². The maximum absolute atomic E-state index is 3.26. The van der Waals surface area contributed by atoms with Crippen molar-refractivity contribution in [2.24, 2.45) is 0 Å². The van der Waals surface area contributed by atoms with E-state index in [0.29, 0.717) is 0 Å². The SMILES string of the molecule is Cc1c[n+]2c(C)csc2[nH]1. The predicted octanol–water partition coefficient (Wildman–Crippen LogP) is 1.43. The molecule has 0 saturated heterocycles. The highest BCUT2D eigenvalue weighted by molar-refractivity contribution is 7.14. The number of H-pyrrole nitrogens is 1. The van der Waals surface area contributed by atoms with E-state index < -0.39 is 0 Å². The highest BCUT2D eigenvalue weighted by Gasteiger charge is 2.08. The normalized spacial score (nSPS) is 11.0. The summed E-state index contributed by atoms with van der Waals surface area (Å²) in [6.07, 6.45) is 2.11. The standard InChI is InChI=1S/C7H8N2S/c1-5-3-9-6(2)4-10-7(9)8-5/h3-4H,1-2H3/p+1. The first-order valence-electron chi connectivity index (χ1n) is 3.22. The lowest BCUT2D eigenvalue weighted by Gasteiger charge is -1.74. The number of hydrogen-bond donors (Lipinski definition) is 1. The third kappa shape index (κ3) is 0.671. The van der Waals surface area contributed by atoms with Crippen LogP contribution in [-0.4, -0.2) is 4.98 Å². The van der Waals surface area contributed by atoms with Gasteiger partial charge in [-0.1, -0.05) is 11.3 Å². The Morgan fingerprint density at radius 2 is 2.30 bits per heavy atom. The molecule has 0 aliphatic rings. The van der Waals surface area contributed by atoms with Crippen molar-refractivity contribution in [1.29, 1.82) is 0 Å². The van der Waals surface area contributed by atoms with E-state index in [1.165, 1.54) is 16.3 Å². The van der Waals surface area contributed by atoms with Crippen LogP contribution in [0.3, 0.4) is 0 Å². The Bertz CT molecular complexity index is 358. The number of rotatable bonds is 0. The Hall–Kier alpha value is -0.830. The average molecular weight is 153 g/mol. The Labute approximate surface area is 63.1 Å². The number of aromatic amines is 1. The summed E-state index contributed by atoms with van der Waals surface area (Å²) in [7, 11) is 0. The van der Waals surface area contributed by atoms with Gasteiger partial charge < -0.3 is 0 Å². The van der Waals surface area contributed by atoms with Crippen LogP contribution in [0.5, 0.6) is 0 Å². The minimum atomic E-state index is 1.22. The molecule has 0 bridgehead atoms. The summed E-state index contributed by atoms with van der Waals surface area (Å²) in [5.74, 6) is 0. The summed E-state index contributed by atoms with van der Waals surface area (Å²) in [6.45, 7) is 4.18. The molecule has 52 valence electrons. The molecule has 0 aliphatic heterocycles. The Morgan fingerprint density at radius 1 is 1.50 bits per heavy atom. The average Bonchev–Trinajstić information content (AvgIpc) is 2.35.